The summed E-state index contributed by atoms with van der Waals surface area (Å²) in [6.07, 6.45) is 1.42. The Balaban J connectivity index is 0.00000220. The quantitative estimate of drug-likeness (QED) is 0.848. The second kappa shape index (κ2) is 8.90. The molecule has 118 valence electrons. The highest BCUT2D eigenvalue weighted by molar-refractivity contribution is 5.85. The zero-order valence-electron chi connectivity index (χ0n) is 12.7. The molecule has 0 radical (unpaired) electrons. The van der Waals surface area contributed by atoms with Crippen LogP contribution in [0.25, 0.3) is 0 Å². The van der Waals surface area contributed by atoms with Crippen LogP contribution in [-0.4, -0.2) is 31.6 Å². The molecular weight excluding hydrogens is 288 g/mol. The van der Waals surface area contributed by atoms with Gasteiger partial charge in [-0.15, -0.1) is 12.4 Å². The van der Waals surface area contributed by atoms with E-state index in [1.807, 2.05) is 12.1 Å². The summed E-state index contributed by atoms with van der Waals surface area (Å²) in [5.41, 5.74) is 1.30. The average Bonchev–Trinajstić information content (AvgIpc) is 2.92. The van der Waals surface area contributed by atoms with Crippen molar-refractivity contribution < 1.29 is 9.53 Å². The zero-order chi connectivity index (χ0) is 14.4. The van der Waals surface area contributed by atoms with Gasteiger partial charge in [-0.2, -0.15) is 0 Å². The van der Waals surface area contributed by atoms with E-state index in [0.29, 0.717) is 18.9 Å². The van der Waals surface area contributed by atoms with Gasteiger partial charge in [0.25, 0.3) is 0 Å². The molecule has 1 aliphatic heterocycles. The van der Waals surface area contributed by atoms with Gasteiger partial charge in [0.05, 0.1) is 13.0 Å². The molecule has 0 aromatic heterocycles. The van der Waals surface area contributed by atoms with Gasteiger partial charge in [0.2, 0.25) is 5.91 Å². The molecule has 0 bridgehead atoms. The van der Waals surface area contributed by atoms with Gasteiger partial charge in [0.1, 0.15) is 5.75 Å². The number of nitrogens with one attached hydrogen (secondary N) is 2. The average molecular weight is 313 g/mol. The van der Waals surface area contributed by atoms with Crippen molar-refractivity contribution in [3.63, 3.8) is 0 Å². The van der Waals surface area contributed by atoms with E-state index in [2.05, 4.69) is 36.6 Å². The molecule has 1 aliphatic rings. The molecule has 1 aromatic carbocycles. The Morgan fingerprint density at radius 2 is 2.10 bits per heavy atom. The standard InChI is InChI=1S/C16H24N2O2.ClH/c1-12(2)13-3-5-15(6-4-13)20-10-8-16(19)18-14-7-9-17-11-14;/h3-6,12,14,17H,7-11H2,1-2H3,(H,18,19);1H. The number of rotatable bonds is 6. The van der Waals surface area contributed by atoms with Crippen LogP contribution >= 0.6 is 12.4 Å². The van der Waals surface area contributed by atoms with E-state index >= 15 is 0 Å². The predicted octanol–water partition coefficient (Wildman–Crippen LogP) is 2.48. The molecule has 1 amide bonds. The molecule has 0 aliphatic carbocycles. The van der Waals surface area contributed by atoms with Gasteiger partial charge in [-0.3, -0.25) is 4.79 Å². The van der Waals surface area contributed by atoms with Crippen molar-refractivity contribution in [2.45, 2.75) is 38.6 Å². The van der Waals surface area contributed by atoms with E-state index in [0.717, 1.165) is 25.3 Å². The maximum absolute atomic E-state index is 11.7. The molecule has 1 aromatic rings. The van der Waals surface area contributed by atoms with Gasteiger partial charge in [0, 0.05) is 12.6 Å². The van der Waals surface area contributed by atoms with Crippen molar-refractivity contribution in [3.8, 4) is 5.75 Å². The lowest BCUT2D eigenvalue weighted by molar-refractivity contribution is -0.122. The fourth-order valence-corrected chi connectivity index (χ4v) is 2.29. The van der Waals surface area contributed by atoms with Crippen LogP contribution in [-0.2, 0) is 4.79 Å². The first-order valence-corrected chi connectivity index (χ1v) is 7.38. The SMILES string of the molecule is CC(C)c1ccc(OCCC(=O)NC2CCNC2)cc1.Cl. The van der Waals surface area contributed by atoms with Crippen LogP contribution in [0.1, 0.15) is 38.2 Å². The lowest BCUT2D eigenvalue weighted by Crippen LogP contribution is -2.36. The number of halogens is 1. The molecule has 0 spiro atoms. The Morgan fingerprint density at radius 1 is 1.38 bits per heavy atom. The summed E-state index contributed by atoms with van der Waals surface area (Å²) in [6.45, 7) is 6.62. The number of ether oxygens (including phenoxy) is 1. The van der Waals surface area contributed by atoms with Gasteiger partial charge in [-0.1, -0.05) is 26.0 Å². The highest BCUT2D eigenvalue weighted by atomic mass is 35.5. The van der Waals surface area contributed by atoms with Crippen molar-refractivity contribution in [3.05, 3.63) is 29.8 Å². The van der Waals surface area contributed by atoms with Gasteiger partial charge < -0.3 is 15.4 Å². The second-order valence-electron chi connectivity index (χ2n) is 5.58. The maximum Gasteiger partial charge on any atom is 0.223 e. The van der Waals surface area contributed by atoms with Gasteiger partial charge in [-0.25, -0.2) is 0 Å². The van der Waals surface area contributed by atoms with Crippen molar-refractivity contribution in [2.75, 3.05) is 19.7 Å². The third-order valence-corrected chi connectivity index (χ3v) is 3.57. The smallest absolute Gasteiger partial charge is 0.223 e. The summed E-state index contributed by atoms with van der Waals surface area (Å²) in [6, 6.07) is 8.37. The molecule has 21 heavy (non-hydrogen) atoms. The van der Waals surface area contributed by atoms with E-state index in [-0.39, 0.29) is 24.4 Å². The topological polar surface area (TPSA) is 50.4 Å². The van der Waals surface area contributed by atoms with Crippen LogP contribution in [0.15, 0.2) is 24.3 Å². The number of amides is 1. The van der Waals surface area contributed by atoms with Crippen molar-refractivity contribution >= 4 is 18.3 Å². The highest BCUT2D eigenvalue weighted by Crippen LogP contribution is 2.18. The highest BCUT2D eigenvalue weighted by Gasteiger charge is 2.16. The van der Waals surface area contributed by atoms with E-state index in [1.54, 1.807) is 0 Å². The molecule has 1 atom stereocenters. The molecule has 2 rings (SSSR count). The van der Waals surface area contributed by atoms with Crippen LogP contribution in [0.2, 0.25) is 0 Å². The molecule has 5 heteroatoms. The van der Waals surface area contributed by atoms with Crippen LogP contribution in [0.5, 0.6) is 5.75 Å². The summed E-state index contributed by atoms with van der Waals surface area (Å²) in [5.74, 6) is 1.41. The van der Waals surface area contributed by atoms with Crippen LogP contribution in [0.3, 0.4) is 0 Å². The third-order valence-electron chi connectivity index (χ3n) is 3.57. The van der Waals surface area contributed by atoms with E-state index in [1.165, 1.54) is 5.56 Å². The van der Waals surface area contributed by atoms with E-state index in [4.69, 9.17) is 4.74 Å². The molecule has 1 saturated heterocycles. The number of carbonyl (C=O) groups is 1. The number of hydrogen-bond acceptors (Lipinski definition) is 3. The Morgan fingerprint density at radius 3 is 2.67 bits per heavy atom. The Labute approximate surface area is 133 Å². The predicted molar refractivity (Wildman–Crippen MR) is 87.3 cm³/mol. The minimum Gasteiger partial charge on any atom is -0.493 e. The van der Waals surface area contributed by atoms with Crippen molar-refractivity contribution in [1.82, 2.24) is 10.6 Å². The van der Waals surface area contributed by atoms with Crippen LogP contribution in [0, 0.1) is 0 Å². The normalized spacial score (nSPS) is 17.4. The molecule has 1 unspecified atom stereocenters. The largest absolute Gasteiger partial charge is 0.493 e. The summed E-state index contributed by atoms with van der Waals surface area (Å²) >= 11 is 0. The fraction of sp³-hybridized carbons (Fsp3) is 0.562. The molecule has 1 fully saturated rings. The van der Waals surface area contributed by atoms with E-state index in [9.17, 15) is 4.79 Å². The number of carbonyl (C=O) groups excluding carboxylic acids is 1. The summed E-state index contributed by atoms with van der Waals surface area (Å²) < 4.78 is 5.60. The summed E-state index contributed by atoms with van der Waals surface area (Å²) in [4.78, 5) is 11.7. The first-order chi connectivity index (χ1) is 9.65. The monoisotopic (exact) mass is 312 g/mol. The Hall–Kier alpha value is -1.26. The van der Waals surface area contributed by atoms with Gasteiger partial charge in [-0.05, 0) is 36.6 Å². The van der Waals surface area contributed by atoms with Gasteiger partial charge in [0.15, 0.2) is 0 Å². The Bertz CT molecular complexity index is 428. The molecule has 2 N–H and O–H groups in total. The number of hydrogen-bond donors (Lipinski definition) is 2. The fourth-order valence-electron chi connectivity index (χ4n) is 2.29. The Kier molecular flexibility index (Phi) is 7.54. The van der Waals surface area contributed by atoms with Gasteiger partial charge >= 0.3 is 0 Å². The van der Waals surface area contributed by atoms with Crippen LogP contribution < -0.4 is 15.4 Å². The second-order valence-corrected chi connectivity index (χ2v) is 5.58. The molecular formula is C16H25ClN2O2. The molecule has 4 nitrogen and oxygen atoms in total. The zero-order valence-corrected chi connectivity index (χ0v) is 13.5. The molecule has 1 heterocycles. The maximum atomic E-state index is 11.7. The first kappa shape index (κ1) is 17.8. The molecule has 0 saturated carbocycles. The summed E-state index contributed by atoms with van der Waals surface area (Å²) in [5, 5.41) is 6.24. The lowest BCUT2D eigenvalue weighted by Gasteiger charge is -2.12. The van der Waals surface area contributed by atoms with Crippen molar-refractivity contribution in [2.24, 2.45) is 0 Å². The third kappa shape index (κ3) is 5.94. The van der Waals surface area contributed by atoms with E-state index < -0.39 is 0 Å². The first-order valence-electron chi connectivity index (χ1n) is 7.38. The minimum absolute atomic E-state index is 0. The summed E-state index contributed by atoms with van der Waals surface area (Å²) in [7, 11) is 0. The number of benzene rings is 1. The van der Waals surface area contributed by atoms with Crippen molar-refractivity contribution in [1.29, 1.82) is 0 Å². The minimum atomic E-state index is 0. The lowest BCUT2D eigenvalue weighted by atomic mass is 10.0. The van der Waals surface area contributed by atoms with Crippen LogP contribution in [0.4, 0.5) is 0 Å².